The highest BCUT2D eigenvalue weighted by atomic mass is 28.3. The van der Waals surface area contributed by atoms with Crippen molar-refractivity contribution in [3.05, 3.63) is 111 Å². The van der Waals surface area contributed by atoms with Crippen molar-refractivity contribution in [1.82, 2.24) is 0 Å². The van der Waals surface area contributed by atoms with Gasteiger partial charge in [-0.3, -0.25) is 0 Å². The first kappa shape index (κ1) is 37.7. The van der Waals surface area contributed by atoms with Crippen LogP contribution in [-0.2, 0) is 48.5 Å². The van der Waals surface area contributed by atoms with Gasteiger partial charge in [-0.2, -0.15) is 0 Å². The molecule has 0 fully saturated rings. The summed E-state index contributed by atoms with van der Waals surface area (Å²) in [6, 6.07) is 23.3. The summed E-state index contributed by atoms with van der Waals surface area (Å²) in [6.45, 7) is 33.5. The minimum absolute atomic E-state index is 0.00304. The zero-order valence-corrected chi connectivity index (χ0v) is 34.7. The highest BCUT2D eigenvalue weighted by molar-refractivity contribution is 6.93. The lowest BCUT2D eigenvalue weighted by atomic mass is 9.71. The Balaban J connectivity index is 1.73. The molecule has 0 unspecified atom stereocenters. The summed E-state index contributed by atoms with van der Waals surface area (Å²) >= 11 is 0. The fourth-order valence-electron chi connectivity index (χ4n) is 7.62. The second-order valence-corrected chi connectivity index (χ2v) is 21.6. The third-order valence-electron chi connectivity index (χ3n) is 11.1. The van der Waals surface area contributed by atoms with E-state index in [0.717, 1.165) is 37.2 Å². The predicted molar refractivity (Wildman–Crippen MR) is 221 cm³/mol. The van der Waals surface area contributed by atoms with Crippen LogP contribution in [0.1, 0.15) is 133 Å². The van der Waals surface area contributed by atoms with E-state index in [1.807, 2.05) is 0 Å². The van der Waals surface area contributed by atoms with Crippen LogP contribution in [0.3, 0.4) is 0 Å². The largest absolute Gasteiger partial charge is 0.456 e. The number of ether oxygens (including phenoxy) is 1. The molecule has 1 heterocycles. The van der Waals surface area contributed by atoms with E-state index in [2.05, 4.69) is 167 Å². The Morgan fingerprint density at radius 1 is 0.600 bits per heavy atom. The van der Waals surface area contributed by atoms with Gasteiger partial charge in [-0.15, -0.1) is 0 Å². The summed E-state index contributed by atoms with van der Waals surface area (Å²) in [5, 5.41) is 5.27. The summed E-state index contributed by atoms with van der Waals surface area (Å²) in [6.07, 6.45) is 4.01. The molecule has 5 rings (SSSR count). The van der Waals surface area contributed by atoms with Crippen molar-refractivity contribution >= 4 is 24.8 Å². The molecule has 0 saturated carbocycles. The van der Waals surface area contributed by atoms with E-state index < -0.39 is 8.24 Å². The average Bonchev–Trinajstić information content (AvgIpc) is 3.05. The fraction of sp³-hybridized carbons (Fsp3) is 0.478. The molecule has 4 heteroatoms. The average molecular weight is 689 g/mol. The number of benzene rings is 4. The molecule has 1 aliphatic rings. The van der Waals surface area contributed by atoms with E-state index >= 15 is 0 Å². The Bertz CT molecular complexity index is 1820. The lowest BCUT2D eigenvalue weighted by Crippen LogP contribution is -2.52. The highest BCUT2D eigenvalue weighted by Gasteiger charge is 2.42. The molecule has 0 spiro atoms. The number of rotatable bonds is 10. The zero-order chi connectivity index (χ0) is 36.8. The van der Waals surface area contributed by atoms with Crippen molar-refractivity contribution in [2.24, 2.45) is 0 Å². The summed E-state index contributed by atoms with van der Waals surface area (Å²) in [7, 11) is -2.33. The molecule has 0 atom stereocenters. The van der Waals surface area contributed by atoms with Crippen LogP contribution in [0.25, 0.3) is 0 Å². The first-order valence-electron chi connectivity index (χ1n) is 19.2. The molecule has 268 valence electrons. The van der Waals surface area contributed by atoms with Gasteiger partial charge in [-0.25, -0.2) is 0 Å². The third-order valence-corrected chi connectivity index (χ3v) is 13.7. The van der Waals surface area contributed by atoms with Crippen LogP contribution in [-0.4, -0.2) is 8.24 Å². The number of fused-ring (bicyclic) bond motifs is 2. The highest BCUT2D eigenvalue weighted by Crippen LogP contribution is 2.51. The Morgan fingerprint density at radius 3 is 1.50 bits per heavy atom. The van der Waals surface area contributed by atoms with Gasteiger partial charge in [0.1, 0.15) is 11.5 Å². The fourth-order valence-corrected chi connectivity index (χ4v) is 9.97. The van der Waals surface area contributed by atoms with Crippen molar-refractivity contribution in [2.75, 3.05) is 10.3 Å². The standard InChI is InChI=1S/C46H64N2OSi/c1-15-30-21-19-22-31(16-2)40(30)47-29-34-25-35(44(5,6)7)26-37-42(34)49-43-38(46(37,11)12)27-36(45(8,9)10)28-39(43)50(13,14)48-41-32(17-3)23-20-24-33(41)18-4/h19-28,47-48H,15-18,29H2,1-14H3. The minimum Gasteiger partial charge on any atom is -0.456 e. The van der Waals surface area contributed by atoms with Gasteiger partial charge in [0.15, 0.2) is 8.24 Å². The maximum atomic E-state index is 7.40. The molecule has 50 heavy (non-hydrogen) atoms. The van der Waals surface area contributed by atoms with E-state index in [0.29, 0.717) is 6.54 Å². The number of hydrogen-bond acceptors (Lipinski definition) is 3. The van der Waals surface area contributed by atoms with Crippen LogP contribution < -0.4 is 20.2 Å². The SMILES string of the molecule is CCc1cccc(CC)c1NCc1cc(C(C)(C)C)cc2c1Oc1c(cc(C(C)(C)C)cc1[Si](C)(C)Nc1c(CC)cccc1CC)C2(C)C. The summed E-state index contributed by atoms with van der Waals surface area (Å²) in [5.74, 6) is 2.08. The van der Waals surface area contributed by atoms with E-state index in [4.69, 9.17) is 4.74 Å². The Hall–Kier alpha value is -3.50. The second kappa shape index (κ2) is 13.9. The molecule has 4 aromatic carbocycles. The van der Waals surface area contributed by atoms with Gasteiger partial charge in [0.05, 0.1) is 0 Å². The van der Waals surface area contributed by atoms with Gasteiger partial charge < -0.3 is 15.0 Å². The van der Waals surface area contributed by atoms with Crippen molar-refractivity contribution in [3.8, 4) is 11.5 Å². The van der Waals surface area contributed by atoms with Gasteiger partial charge in [0.25, 0.3) is 0 Å². The predicted octanol–water partition coefficient (Wildman–Crippen LogP) is 12.1. The van der Waals surface area contributed by atoms with E-state index in [9.17, 15) is 0 Å². The molecule has 0 aliphatic carbocycles. The number of nitrogens with one attached hydrogen (secondary N) is 2. The number of para-hydroxylation sites is 2. The van der Waals surface area contributed by atoms with Gasteiger partial charge in [-0.1, -0.05) is 138 Å². The van der Waals surface area contributed by atoms with Crippen LogP contribution in [0.4, 0.5) is 11.4 Å². The second-order valence-electron chi connectivity index (χ2n) is 17.6. The molecule has 0 aromatic heterocycles. The van der Waals surface area contributed by atoms with E-state index in [1.54, 1.807) is 0 Å². The number of anilines is 2. The summed E-state index contributed by atoms with van der Waals surface area (Å²) in [5.41, 5.74) is 14.3. The minimum atomic E-state index is -2.33. The van der Waals surface area contributed by atoms with Crippen LogP contribution in [0.2, 0.25) is 13.1 Å². The Kier molecular flexibility index (Phi) is 10.5. The molecular weight excluding hydrogens is 625 g/mol. The van der Waals surface area contributed by atoms with Gasteiger partial charge >= 0.3 is 0 Å². The Morgan fingerprint density at radius 2 is 1.04 bits per heavy atom. The molecule has 2 N–H and O–H groups in total. The maximum absolute atomic E-state index is 7.40. The van der Waals surface area contributed by atoms with Gasteiger partial charge in [-0.05, 0) is 89.1 Å². The normalized spacial score (nSPS) is 14.1. The van der Waals surface area contributed by atoms with Crippen molar-refractivity contribution in [3.63, 3.8) is 0 Å². The lowest BCUT2D eigenvalue weighted by molar-refractivity contribution is 0.413. The molecule has 0 amide bonds. The van der Waals surface area contributed by atoms with Crippen molar-refractivity contribution in [2.45, 2.75) is 145 Å². The lowest BCUT2D eigenvalue weighted by Gasteiger charge is -2.41. The molecule has 4 aromatic rings. The zero-order valence-electron chi connectivity index (χ0n) is 33.7. The van der Waals surface area contributed by atoms with Crippen molar-refractivity contribution < 1.29 is 4.74 Å². The molecule has 0 saturated heterocycles. The molecule has 3 nitrogen and oxygen atoms in total. The summed E-state index contributed by atoms with van der Waals surface area (Å²) in [4.78, 5) is 4.22. The first-order valence-corrected chi connectivity index (χ1v) is 22.2. The summed E-state index contributed by atoms with van der Waals surface area (Å²) < 4.78 is 7.40. The van der Waals surface area contributed by atoms with E-state index in [-0.39, 0.29) is 16.2 Å². The van der Waals surface area contributed by atoms with Crippen LogP contribution >= 0.6 is 0 Å². The molecule has 0 bridgehead atoms. The molecular formula is C46H64N2OSi. The number of hydrogen-bond donors (Lipinski definition) is 2. The van der Waals surface area contributed by atoms with Crippen molar-refractivity contribution in [1.29, 1.82) is 0 Å². The molecule has 1 aliphatic heterocycles. The topological polar surface area (TPSA) is 33.3 Å². The van der Waals surface area contributed by atoms with Crippen LogP contribution in [0, 0.1) is 0 Å². The maximum Gasteiger partial charge on any atom is 0.183 e. The quantitative estimate of drug-likeness (QED) is 0.163. The van der Waals surface area contributed by atoms with Crippen LogP contribution in [0.5, 0.6) is 11.5 Å². The Labute approximate surface area is 305 Å². The third kappa shape index (κ3) is 7.15. The molecule has 0 radical (unpaired) electrons. The van der Waals surface area contributed by atoms with Gasteiger partial charge in [0.2, 0.25) is 0 Å². The monoisotopic (exact) mass is 688 g/mol. The first-order chi connectivity index (χ1) is 23.4. The smallest absolute Gasteiger partial charge is 0.183 e. The van der Waals surface area contributed by atoms with Gasteiger partial charge in [0, 0.05) is 45.2 Å². The number of aryl methyl sites for hydroxylation is 4. The van der Waals surface area contributed by atoms with E-state index in [1.165, 1.54) is 66.6 Å². The van der Waals surface area contributed by atoms with Crippen LogP contribution in [0.15, 0.2) is 60.7 Å².